The number of aryl methyl sites for hydroxylation is 1. The summed E-state index contributed by atoms with van der Waals surface area (Å²) in [7, 11) is 1.69. The molecule has 1 aromatic heterocycles. The van der Waals surface area contributed by atoms with Crippen LogP contribution in [0.4, 0.5) is 0 Å². The van der Waals surface area contributed by atoms with E-state index >= 15 is 0 Å². The van der Waals surface area contributed by atoms with Gasteiger partial charge in [0.05, 0.1) is 18.8 Å². The average Bonchev–Trinajstić information content (AvgIpc) is 3.26. The van der Waals surface area contributed by atoms with Crippen molar-refractivity contribution in [2.75, 3.05) is 33.3 Å². The number of aromatic nitrogens is 2. The minimum atomic E-state index is 0.288. The first-order chi connectivity index (χ1) is 16.7. The number of nitrogens with zero attached hydrogens (tertiary/aromatic N) is 3. The number of aromatic amines is 1. The molecule has 4 aromatic rings. The largest absolute Gasteiger partial charge is 0.497 e. The van der Waals surface area contributed by atoms with Crippen molar-refractivity contribution in [1.82, 2.24) is 19.8 Å². The first kappa shape index (κ1) is 22.4. The number of hydrogen-bond acceptors (Lipinski definition) is 4. The molecule has 0 saturated carbocycles. The zero-order valence-corrected chi connectivity index (χ0v) is 19.9. The van der Waals surface area contributed by atoms with E-state index in [1.165, 1.54) is 11.1 Å². The number of nitrogens with one attached hydrogen (secondary N) is 1. The number of hydrogen-bond donors (Lipinski definition) is 1. The van der Waals surface area contributed by atoms with Crippen LogP contribution in [0.1, 0.15) is 28.6 Å². The Morgan fingerprint density at radius 2 is 1.50 bits per heavy atom. The molecule has 5 nitrogen and oxygen atoms in total. The summed E-state index contributed by atoms with van der Waals surface area (Å²) in [6, 6.07) is 30.1. The second-order valence-electron chi connectivity index (χ2n) is 8.93. The van der Waals surface area contributed by atoms with Crippen molar-refractivity contribution in [2.24, 2.45) is 0 Å². The van der Waals surface area contributed by atoms with E-state index in [4.69, 9.17) is 9.72 Å². The molecule has 5 heteroatoms. The SMILES string of the molecule is COc1cccc(-c2nc(CN3CCN(C(c4ccccc4)c4ccccc4)CC3)c(C)[nH]2)c1. The Labute approximate surface area is 202 Å². The molecule has 0 radical (unpaired) electrons. The number of rotatable bonds is 7. The van der Waals surface area contributed by atoms with Gasteiger partial charge in [-0.1, -0.05) is 72.8 Å². The van der Waals surface area contributed by atoms with Crippen LogP contribution in [0.3, 0.4) is 0 Å². The number of benzene rings is 3. The van der Waals surface area contributed by atoms with E-state index in [-0.39, 0.29) is 6.04 Å². The van der Waals surface area contributed by atoms with Gasteiger partial charge in [-0.05, 0) is 30.2 Å². The highest BCUT2D eigenvalue weighted by Gasteiger charge is 2.27. The molecular formula is C29H32N4O. The predicted octanol–water partition coefficient (Wildman–Crippen LogP) is 5.30. The van der Waals surface area contributed by atoms with Crippen LogP contribution in [-0.4, -0.2) is 53.1 Å². The summed E-state index contributed by atoms with van der Waals surface area (Å²) in [6.45, 7) is 7.08. The van der Waals surface area contributed by atoms with E-state index < -0.39 is 0 Å². The minimum absolute atomic E-state index is 0.288. The molecule has 0 aliphatic carbocycles. The molecular weight excluding hydrogens is 420 g/mol. The van der Waals surface area contributed by atoms with Gasteiger partial charge in [0, 0.05) is 44.0 Å². The fourth-order valence-electron chi connectivity index (χ4n) is 4.83. The first-order valence-electron chi connectivity index (χ1n) is 12.0. The van der Waals surface area contributed by atoms with E-state index in [2.05, 4.69) is 88.4 Å². The lowest BCUT2D eigenvalue weighted by Gasteiger charge is -2.39. The number of H-pyrrole nitrogens is 1. The third-order valence-corrected chi connectivity index (χ3v) is 6.70. The maximum Gasteiger partial charge on any atom is 0.138 e. The van der Waals surface area contributed by atoms with Crippen LogP contribution < -0.4 is 4.74 Å². The maximum absolute atomic E-state index is 5.37. The van der Waals surface area contributed by atoms with Crippen LogP contribution in [-0.2, 0) is 6.54 Å². The molecule has 0 spiro atoms. The van der Waals surface area contributed by atoms with Gasteiger partial charge in [0.25, 0.3) is 0 Å². The van der Waals surface area contributed by atoms with Gasteiger partial charge < -0.3 is 9.72 Å². The maximum atomic E-state index is 5.37. The number of ether oxygens (including phenoxy) is 1. The Bertz CT molecular complexity index is 1160. The van der Waals surface area contributed by atoms with Gasteiger partial charge in [-0.3, -0.25) is 9.80 Å². The second kappa shape index (κ2) is 10.2. The van der Waals surface area contributed by atoms with Gasteiger partial charge in [-0.15, -0.1) is 0 Å². The summed E-state index contributed by atoms with van der Waals surface area (Å²) in [4.78, 5) is 13.5. The van der Waals surface area contributed by atoms with Crippen molar-refractivity contribution in [3.63, 3.8) is 0 Å². The van der Waals surface area contributed by atoms with Crippen molar-refractivity contribution in [3.05, 3.63) is 107 Å². The summed E-state index contributed by atoms with van der Waals surface area (Å²) >= 11 is 0. The van der Waals surface area contributed by atoms with Crippen molar-refractivity contribution in [1.29, 1.82) is 0 Å². The summed E-state index contributed by atoms with van der Waals surface area (Å²) < 4.78 is 5.37. The van der Waals surface area contributed by atoms with Crippen LogP contribution in [0.15, 0.2) is 84.9 Å². The Morgan fingerprint density at radius 1 is 0.853 bits per heavy atom. The Kier molecular flexibility index (Phi) is 6.74. The second-order valence-corrected chi connectivity index (χ2v) is 8.93. The van der Waals surface area contributed by atoms with Gasteiger partial charge in [0.15, 0.2) is 0 Å². The molecule has 0 bridgehead atoms. The van der Waals surface area contributed by atoms with E-state index in [9.17, 15) is 0 Å². The highest BCUT2D eigenvalue weighted by Crippen LogP contribution is 2.30. The van der Waals surface area contributed by atoms with Crippen LogP contribution in [0.5, 0.6) is 5.75 Å². The number of imidazole rings is 1. The minimum Gasteiger partial charge on any atom is -0.497 e. The van der Waals surface area contributed by atoms with Gasteiger partial charge >= 0.3 is 0 Å². The van der Waals surface area contributed by atoms with Crippen molar-refractivity contribution >= 4 is 0 Å². The van der Waals surface area contributed by atoms with Crippen LogP contribution in [0.25, 0.3) is 11.4 Å². The lowest BCUT2D eigenvalue weighted by molar-refractivity contribution is 0.104. The van der Waals surface area contributed by atoms with Crippen molar-refractivity contribution in [2.45, 2.75) is 19.5 Å². The van der Waals surface area contributed by atoms with Crippen LogP contribution in [0, 0.1) is 6.92 Å². The smallest absolute Gasteiger partial charge is 0.138 e. The van der Waals surface area contributed by atoms with Crippen LogP contribution >= 0.6 is 0 Å². The Morgan fingerprint density at radius 3 is 2.12 bits per heavy atom. The molecule has 1 N–H and O–H groups in total. The molecule has 3 aromatic carbocycles. The van der Waals surface area contributed by atoms with E-state index in [1.807, 2.05) is 18.2 Å². The summed E-state index contributed by atoms with van der Waals surface area (Å²) in [6.07, 6.45) is 0. The highest BCUT2D eigenvalue weighted by molar-refractivity contribution is 5.58. The summed E-state index contributed by atoms with van der Waals surface area (Å²) in [5, 5.41) is 0. The predicted molar refractivity (Wildman–Crippen MR) is 137 cm³/mol. The normalized spacial score (nSPS) is 15.0. The average molecular weight is 453 g/mol. The quantitative estimate of drug-likeness (QED) is 0.413. The molecule has 0 amide bonds. The molecule has 1 fully saturated rings. The van der Waals surface area contributed by atoms with Gasteiger partial charge in [0.1, 0.15) is 11.6 Å². The fourth-order valence-corrected chi connectivity index (χ4v) is 4.83. The third-order valence-electron chi connectivity index (χ3n) is 6.70. The molecule has 0 atom stereocenters. The Balaban J connectivity index is 1.28. The molecule has 2 heterocycles. The molecule has 0 unspecified atom stereocenters. The third kappa shape index (κ3) is 4.91. The topological polar surface area (TPSA) is 44.4 Å². The van der Waals surface area contributed by atoms with Gasteiger partial charge in [-0.25, -0.2) is 4.98 Å². The lowest BCUT2D eigenvalue weighted by Crippen LogP contribution is -2.47. The lowest BCUT2D eigenvalue weighted by atomic mass is 9.96. The molecule has 174 valence electrons. The summed E-state index contributed by atoms with van der Waals surface area (Å²) in [5.41, 5.74) is 6.01. The highest BCUT2D eigenvalue weighted by atomic mass is 16.5. The molecule has 5 rings (SSSR count). The number of piperazine rings is 1. The zero-order valence-electron chi connectivity index (χ0n) is 19.9. The molecule has 1 aliphatic rings. The number of methoxy groups -OCH3 is 1. The molecule has 34 heavy (non-hydrogen) atoms. The van der Waals surface area contributed by atoms with Crippen molar-refractivity contribution in [3.8, 4) is 17.1 Å². The first-order valence-corrected chi connectivity index (χ1v) is 12.0. The van der Waals surface area contributed by atoms with E-state index in [1.54, 1.807) is 7.11 Å². The molecule has 1 aliphatic heterocycles. The van der Waals surface area contributed by atoms with Gasteiger partial charge in [-0.2, -0.15) is 0 Å². The standard InChI is InChI=1S/C29H32N4O/c1-22-27(31-29(30-22)25-14-9-15-26(20-25)34-2)21-32-16-18-33(19-17-32)28(23-10-5-3-6-11-23)24-12-7-4-8-13-24/h3-15,20,28H,16-19,21H2,1-2H3,(H,30,31). The summed E-state index contributed by atoms with van der Waals surface area (Å²) in [5.74, 6) is 1.74. The van der Waals surface area contributed by atoms with Gasteiger partial charge in [0.2, 0.25) is 0 Å². The zero-order chi connectivity index (χ0) is 23.3. The van der Waals surface area contributed by atoms with E-state index in [0.717, 1.165) is 61.2 Å². The molecule has 1 saturated heterocycles. The van der Waals surface area contributed by atoms with Crippen LogP contribution in [0.2, 0.25) is 0 Å². The van der Waals surface area contributed by atoms with Crippen molar-refractivity contribution < 1.29 is 4.74 Å². The monoisotopic (exact) mass is 452 g/mol. The fraction of sp³-hybridized carbons (Fsp3) is 0.276. The Hall–Kier alpha value is -3.41. The van der Waals surface area contributed by atoms with E-state index in [0.29, 0.717) is 0 Å².